The number of amides is 1. The summed E-state index contributed by atoms with van der Waals surface area (Å²) in [6.07, 6.45) is 2.86. The Labute approximate surface area is 108 Å². The van der Waals surface area contributed by atoms with E-state index >= 15 is 0 Å². The summed E-state index contributed by atoms with van der Waals surface area (Å²) in [4.78, 5) is 19.7. The van der Waals surface area contributed by atoms with E-state index in [0.29, 0.717) is 5.69 Å². The van der Waals surface area contributed by atoms with Gasteiger partial charge in [-0.3, -0.25) is 9.78 Å². The second-order valence-corrected chi connectivity index (χ2v) is 4.03. The van der Waals surface area contributed by atoms with Crippen LogP contribution in [0.4, 0.5) is 10.1 Å². The molecule has 1 amide bonds. The molecule has 0 aliphatic carbocycles. The van der Waals surface area contributed by atoms with Gasteiger partial charge in [-0.05, 0) is 25.1 Å². The van der Waals surface area contributed by atoms with Gasteiger partial charge in [0, 0.05) is 11.9 Å². The fraction of sp³-hybridized carbons (Fsp3) is 0.0833. The molecule has 1 aromatic carbocycles. The zero-order valence-electron chi connectivity index (χ0n) is 9.45. The zero-order valence-corrected chi connectivity index (χ0v) is 10.2. The van der Waals surface area contributed by atoms with Crippen LogP contribution in [0.25, 0.3) is 0 Å². The monoisotopic (exact) mass is 265 g/mol. The summed E-state index contributed by atoms with van der Waals surface area (Å²) in [6.45, 7) is 1.77. The Hall–Kier alpha value is -2.01. The van der Waals surface area contributed by atoms with Crippen molar-refractivity contribution in [3.05, 3.63) is 52.8 Å². The van der Waals surface area contributed by atoms with E-state index in [1.165, 1.54) is 30.6 Å². The minimum Gasteiger partial charge on any atom is -0.321 e. The molecule has 0 aliphatic rings. The number of nitrogens with zero attached hydrogens (tertiary/aromatic N) is 2. The first-order valence-corrected chi connectivity index (χ1v) is 5.49. The quantitative estimate of drug-likeness (QED) is 0.908. The number of benzene rings is 1. The minimum atomic E-state index is -0.537. The lowest BCUT2D eigenvalue weighted by atomic mass is 10.3. The number of halogens is 2. The van der Waals surface area contributed by atoms with Gasteiger partial charge in [-0.25, -0.2) is 9.37 Å². The molecule has 0 saturated carbocycles. The summed E-state index contributed by atoms with van der Waals surface area (Å²) in [5.41, 5.74) is 1.30. The molecule has 1 heterocycles. The molecule has 2 rings (SSSR count). The molecule has 0 atom stereocenters. The Kier molecular flexibility index (Phi) is 3.53. The van der Waals surface area contributed by atoms with Crippen molar-refractivity contribution in [3.63, 3.8) is 0 Å². The van der Waals surface area contributed by atoms with E-state index in [9.17, 15) is 9.18 Å². The summed E-state index contributed by atoms with van der Waals surface area (Å²) in [7, 11) is 0. The summed E-state index contributed by atoms with van der Waals surface area (Å²) in [6, 6.07) is 3.93. The van der Waals surface area contributed by atoms with E-state index in [2.05, 4.69) is 15.3 Å². The molecule has 0 spiro atoms. The van der Waals surface area contributed by atoms with Crippen molar-refractivity contribution in [2.75, 3.05) is 5.32 Å². The molecule has 1 aromatic heterocycles. The van der Waals surface area contributed by atoms with Crippen LogP contribution in [0, 0.1) is 12.7 Å². The second kappa shape index (κ2) is 5.10. The Morgan fingerprint density at radius 1 is 1.33 bits per heavy atom. The smallest absolute Gasteiger partial charge is 0.275 e. The third kappa shape index (κ3) is 2.81. The highest BCUT2D eigenvalue weighted by molar-refractivity contribution is 6.31. The molecule has 0 bridgehead atoms. The largest absolute Gasteiger partial charge is 0.321 e. The van der Waals surface area contributed by atoms with Gasteiger partial charge < -0.3 is 5.32 Å². The second-order valence-electron chi connectivity index (χ2n) is 3.63. The molecule has 0 aliphatic heterocycles. The summed E-state index contributed by atoms with van der Waals surface area (Å²) < 4.78 is 12.9. The van der Waals surface area contributed by atoms with Crippen molar-refractivity contribution in [1.29, 1.82) is 0 Å². The van der Waals surface area contributed by atoms with Gasteiger partial charge in [-0.1, -0.05) is 11.6 Å². The zero-order chi connectivity index (χ0) is 13.1. The van der Waals surface area contributed by atoms with Gasteiger partial charge in [0.25, 0.3) is 5.91 Å². The fourth-order valence-electron chi connectivity index (χ4n) is 1.28. The normalized spacial score (nSPS) is 10.2. The molecule has 4 nitrogen and oxygen atoms in total. The standard InChI is InChI=1S/C12H9ClFN3O/c1-7-5-16-11(6-15-7)12(18)17-8-2-3-10(14)9(13)4-8/h2-6H,1H3,(H,17,18). The van der Waals surface area contributed by atoms with Crippen LogP contribution in [0.5, 0.6) is 0 Å². The van der Waals surface area contributed by atoms with Crippen LogP contribution >= 0.6 is 11.6 Å². The number of anilines is 1. The predicted molar refractivity (Wildman–Crippen MR) is 66.1 cm³/mol. The molecule has 0 radical (unpaired) electrons. The fourth-order valence-corrected chi connectivity index (χ4v) is 1.46. The van der Waals surface area contributed by atoms with Crippen molar-refractivity contribution >= 4 is 23.2 Å². The average Bonchev–Trinajstić information content (AvgIpc) is 2.34. The van der Waals surface area contributed by atoms with E-state index in [1.807, 2.05) is 0 Å². The summed E-state index contributed by atoms with van der Waals surface area (Å²) in [5, 5.41) is 2.50. The highest BCUT2D eigenvalue weighted by atomic mass is 35.5. The van der Waals surface area contributed by atoms with Crippen molar-refractivity contribution < 1.29 is 9.18 Å². The van der Waals surface area contributed by atoms with Crippen LogP contribution < -0.4 is 5.32 Å². The van der Waals surface area contributed by atoms with Crippen molar-refractivity contribution in [2.24, 2.45) is 0 Å². The number of aryl methyl sites for hydroxylation is 1. The van der Waals surface area contributed by atoms with E-state index in [4.69, 9.17) is 11.6 Å². The third-order valence-corrected chi connectivity index (χ3v) is 2.48. The van der Waals surface area contributed by atoms with Crippen LogP contribution in [-0.4, -0.2) is 15.9 Å². The molecule has 0 saturated heterocycles. The van der Waals surface area contributed by atoms with Crippen LogP contribution in [0.2, 0.25) is 5.02 Å². The third-order valence-electron chi connectivity index (χ3n) is 2.19. The Morgan fingerprint density at radius 3 is 2.72 bits per heavy atom. The number of rotatable bonds is 2. The number of carbonyl (C=O) groups excluding carboxylic acids is 1. The number of aromatic nitrogens is 2. The minimum absolute atomic E-state index is 0.0530. The van der Waals surface area contributed by atoms with E-state index in [-0.39, 0.29) is 10.7 Å². The highest BCUT2D eigenvalue weighted by Gasteiger charge is 2.09. The van der Waals surface area contributed by atoms with Crippen molar-refractivity contribution in [1.82, 2.24) is 9.97 Å². The molecule has 0 fully saturated rings. The Balaban J connectivity index is 2.16. The van der Waals surface area contributed by atoms with Gasteiger partial charge in [-0.15, -0.1) is 0 Å². The number of carbonyl (C=O) groups is 1. The van der Waals surface area contributed by atoms with Gasteiger partial charge in [0.1, 0.15) is 11.5 Å². The molecular formula is C12H9ClFN3O. The van der Waals surface area contributed by atoms with E-state index in [0.717, 1.165) is 5.69 Å². The lowest BCUT2D eigenvalue weighted by Gasteiger charge is -2.05. The topological polar surface area (TPSA) is 54.9 Å². The van der Waals surface area contributed by atoms with E-state index < -0.39 is 11.7 Å². The SMILES string of the molecule is Cc1cnc(C(=O)Nc2ccc(F)c(Cl)c2)cn1. The first-order valence-electron chi connectivity index (χ1n) is 5.11. The summed E-state index contributed by atoms with van der Waals surface area (Å²) >= 11 is 5.61. The van der Waals surface area contributed by atoms with Crippen LogP contribution in [0.3, 0.4) is 0 Å². The lowest BCUT2D eigenvalue weighted by Crippen LogP contribution is -2.14. The first-order chi connectivity index (χ1) is 8.56. The maximum absolute atomic E-state index is 12.9. The molecule has 1 N–H and O–H groups in total. The molecule has 2 aromatic rings. The van der Waals surface area contributed by atoms with Gasteiger partial charge >= 0.3 is 0 Å². The molecule has 18 heavy (non-hydrogen) atoms. The van der Waals surface area contributed by atoms with Gasteiger partial charge in [-0.2, -0.15) is 0 Å². The number of nitrogens with one attached hydrogen (secondary N) is 1. The lowest BCUT2D eigenvalue weighted by molar-refractivity contribution is 0.102. The Morgan fingerprint density at radius 2 is 2.11 bits per heavy atom. The van der Waals surface area contributed by atoms with Gasteiger partial charge in [0.2, 0.25) is 0 Å². The van der Waals surface area contributed by atoms with Crippen LogP contribution in [0.1, 0.15) is 16.2 Å². The highest BCUT2D eigenvalue weighted by Crippen LogP contribution is 2.19. The Bertz CT molecular complexity index is 586. The predicted octanol–water partition coefficient (Wildman–Crippen LogP) is 2.83. The van der Waals surface area contributed by atoms with Crippen LogP contribution in [0.15, 0.2) is 30.6 Å². The molecule has 0 unspecified atom stereocenters. The number of hydrogen-bond acceptors (Lipinski definition) is 3. The van der Waals surface area contributed by atoms with Crippen molar-refractivity contribution in [3.8, 4) is 0 Å². The first kappa shape index (κ1) is 12.4. The number of hydrogen-bond donors (Lipinski definition) is 1. The van der Waals surface area contributed by atoms with Crippen LogP contribution in [-0.2, 0) is 0 Å². The van der Waals surface area contributed by atoms with E-state index in [1.54, 1.807) is 6.92 Å². The average molecular weight is 266 g/mol. The molecule has 92 valence electrons. The molecule has 6 heteroatoms. The molecular weight excluding hydrogens is 257 g/mol. The maximum Gasteiger partial charge on any atom is 0.275 e. The summed E-state index contributed by atoms with van der Waals surface area (Å²) in [5.74, 6) is -0.963. The maximum atomic E-state index is 12.9. The van der Waals surface area contributed by atoms with Gasteiger partial charge in [0.15, 0.2) is 0 Å². The van der Waals surface area contributed by atoms with Crippen molar-refractivity contribution in [2.45, 2.75) is 6.92 Å². The van der Waals surface area contributed by atoms with Gasteiger partial charge in [0.05, 0.1) is 16.9 Å².